The Morgan fingerprint density at radius 2 is 2.00 bits per heavy atom. The normalized spacial score (nSPS) is 20.4. The van der Waals surface area contributed by atoms with Crippen LogP contribution in [0.5, 0.6) is 0 Å². The van der Waals surface area contributed by atoms with Gasteiger partial charge in [-0.3, -0.25) is 9.69 Å². The molecule has 154 valence electrons. The Kier molecular flexibility index (Phi) is 4.83. The molecular formula is C23H23ClN4O2. The van der Waals surface area contributed by atoms with Crippen LogP contribution in [0.4, 0.5) is 0 Å². The van der Waals surface area contributed by atoms with Gasteiger partial charge in [0.25, 0.3) is 0 Å². The van der Waals surface area contributed by atoms with E-state index in [1.165, 1.54) is 0 Å². The Hall–Kier alpha value is -2.70. The van der Waals surface area contributed by atoms with E-state index in [1.807, 2.05) is 42.5 Å². The molecule has 1 saturated heterocycles. The number of piperidine rings is 1. The zero-order valence-electron chi connectivity index (χ0n) is 16.6. The number of carbonyl (C=O) groups is 1. The Balaban J connectivity index is 1.21. The highest BCUT2D eigenvalue weighted by atomic mass is 35.5. The van der Waals surface area contributed by atoms with Gasteiger partial charge in [0.1, 0.15) is 0 Å². The summed E-state index contributed by atoms with van der Waals surface area (Å²) in [6.45, 7) is 2.88. The Bertz CT molecular complexity index is 1090. The maximum absolute atomic E-state index is 11.4. The molecule has 6 nitrogen and oxygen atoms in total. The second-order valence-electron chi connectivity index (χ2n) is 8.43. The Labute approximate surface area is 180 Å². The van der Waals surface area contributed by atoms with Gasteiger partial charge in [0.2, 0.25) is 17.6 Å². The number of nitrogens with two attached hydrogens (primary N) is 1. The van der Waals surface area contributed by atoms with Gasteiger partial charge in [-0.25, -0.2) is 0 Å². The van der Waals surface area contributed by atoms with Gasteiger partial charge in [-0.05, 0) is 67.6 Å². The van der Waals surface area contributed by atoms with Gasteiger partial charge < -0.3 is 10.3 Å². The van der Waals surface area contributed by atoms with Crippen LogP contribution in [0.25, 0.3) is 11.4 Å². The van der Waals surface area contributed by atoms with Crippen LogP contribution in [0.3, 0.4) is 0 Å². The van der Waals surface area contributed by atoms with Gasteiger partial charge in [-0.2, -0.15) is 4.98 Å². The molecule has 1 spiro atoms. The summed E-state index contributed by atoms with van der Waals surface area (Å²) in [4.78, 5) is 18.5. The first-order chi connectivity index (χ1) is 14.5. The van der Waals surface area contributed by atoms with Gasteiger partial charge in [0, 0.05) is 28.6 Å². The molecule has 2 aromatic carbocycles. The molecule has 2 N–H and O–H groups in total. The molecule has 1 aliphatic heterocycles. The SMILES string of the molecule is NC(=O)c1cccc(CN2CCC3(CC2)CC3c2nc(-c3cccc(Cl)c3)no2)c1. The van der Waals surface area contributed by atoms with Crippen molar-refractivity contribution in [3.8, 4) is 11.4 Å². The molecule has 1 atom stereocenters. The lowest BCUT2D eigenvalue weighted by atomic mass is 9.90. The number of halogens is 1. The summed E-state index contributed by atoms with van der Waals surface area (Å²) in [5.74, 6) is 1.30. The van der Waals surface area contributed by atoms with Crippen LogP contribution < -0.4 is 5.73 Å². The lowest BCUT2D eigenvalue weighted by Crippen LogP contribution is -2.34. The minimum atomic E-state index is -0.382. The molecule has 30 heavy (non-hydrogen) atoms. The molecule has 1 saturated carbocycles. The van der Waals surface area contributed by atoms with E-state index in [2.05, 4.69) is 15.0 Å². The summed E-state index contributed by atoms with van der Waals surface area (Å²) in [6, 6.07) is 15.1. The zero-order valence-corrected chi connectivity index (χ0v) is 17.3. The fourth-order valence-corrected chi connectivity index (χ4v) is 4.80. The summed E-state index contributed by atoms with van der Waals surface area (Å²) in [6.07, 6.45) is 3.33. The number of amides is 1. The van der Waals surface area contributed by atoms with Crippen LogP contribution in [-0.2, 0) is 6.54 Å². The van der Waals surface area contributed by atoms with Crippen LogP contribution in [0.2, 0.25) is 5.02 Å². The van der Waals surface area contributed by atoms with Gasteiger partial charge in [0.05, 0.1) is 0 Å². The van der Waals surface area contributed by atoms with Crippen molar-refractivity contribution < 1.29 is 9.32 Å². The molecule has 1 aliphatic carbocycles. The number of hydrogen-bond donors (Lipinski definition) is 1. The minimum Gasteiger partial charge on any atom is -0.366 e. The van der Waals surface area contributed by atoms with Crippen molar-refractivity contribution in [2.45, 2.75) is 31.7 Å². The van der Waals surface area contributed by atoms with Crippen LogP contribution in [0.15, 0.2) is 53.1 Å². The van der Waals surface area contributed by atoms with E-state index < -0.39 is 0 Å². The summed E-state index contributed by atoms with van der Waals surface area (Å²) in [7, 11) is 0. The number of rotatable bonds is 5. The fourth-order valence-electron chi connectivity index (χ4n) is 4.61. The minimum absolute atomic E-state index is 0.281. The molecule has 0 radical (unpaired) electrons. The van der Waals surface area contributed by atoms with Crippen molar-refractivity contribution in [2.24, 2.45) is 11.1 Å². The predicted molar refractivity (Wildman–Crippen MR) is 114 cm³/mol. The number of carbonyl (C=O) groups excluding carboxylic acids is 1. The van der Waals surface area contributed by atoms with Gasteiger partial charge in [-0.15, -0.1) is 0 Å². The molecular weight excluding hydrogens is 400 g/mol. The number of likely N-dealkylation sites (tertiary alicyclic amines) is 1. The molecule has 1 unspecified atom stereocenters. The molecule has 1 aromatic heterocycles. The second-order valence-corrected chi connectivity index (χ2v) is 8.86. The first-order valence-electron chi connectivity index (χ1n) is 10.2. The molecule has 0 bridgehead atoms. The first kappa shape index (κ1) is 19.3. The third kappa shape index (κ3) is 3.73. The monoisotopic (exact) mass is 422 g/mol. The summed E-state index contributed by atoms with van der Waals surface area (Å²) < 4.78 is 5.61. The van der Waals surface area contributed by atoms with E-state index in [4.69, 9.17) is 21.9 Å². The van der Waals surface area contributed by atoms with Crippen LogP contribution in [0.1, 0.15) is 47.0 Å². The van der Waals surface area contributed by atoms with E-state index in [1.54, 1.807) is 6.07 Å². The summed E-state index contributed by atoms with van der Waals surface area (Å²) >= 11 is 6.08. The van der Waals surface area contributed by atoms with E-state index >= 15 is 0 Å². The molecule has 3 aromatic rings. The van der Waals surface area contributed by atoms with Crippen molar-refractivity contribution in [3.63, 3.8) is 0 Å². The number of primary amides is 1. The lowest BCUT2D eigenvalue weighted by molar-refractivity contribution is 0.1000. The van der Waals surface area contributed by atoms with Gasteiger partial charge >= 0.3 is 0 Å². The average molecular weight is 423 g/mol. The van der Waals surface area contributed by atoms with Gasteiger partial charge in [-0.1, -0.05) is 41.0 Å². The standard InChI is InChI=1S/C23H23ClN4O2/c24-18-6-2-5-17(12-18)21-26-22(30-27-21)19-13-23(19)7-9-28(10-8-23)14-15-3-1-4-16(11-15)20(25)29/h1-6,11-12,19H,7-10,13-14H2,(H2,25,29). The predicted octanol–water partition coefficient (Wildman–Crippen LogP) is 4.26. The smallest absolute Gasteiger partial charge is 0.248 e. The fraction of sp³-hybridized carbons (Fsp3) is 0.348. The summed E-state index contributed by atoms with van der Waals surface area (Å²) in [5, 5.41) is 4.83. The Morgan fingerprint density at radius 1 is 1.20 bits per heavy atom. The van der Waals surface area contributed by atoms with E-state index in [-0.39, 0.29) is 11.3 Å². The molecule has 2 aliphatic rings. The Morgan fingerprint density at radius 3 is 2.77 bits per heavy atom. The largest absolute Gasteiger partial charge is 0.366 e. The topological polar surface area (TPSA) is 85.3 Å². The third-order valence-corrected chi connectivity index (χ3v) is 6.72. The number of benzene rings is 2. The second kappa shape index (κ2) is 7.52. The maximum Gasteiger partial charge on any atom is 0.248 e. The highest BCUT2D eigenvalue weighted by Gasteiger charge is 2.58. The van der Waals surface area contributed by atoms with Crippen molar-refractivity contribution >= 4 is 17.5 Å². The molecule has 2 heterocycles. The van der Waals surface area contributed by atoms with Crippen LogP contribution in [-0.4, -0.2) is 34.0 Å². The zero-order chi connectivity index (χ0) is 20.7. The van der Waals surface area contributed by atoms with Crippen molar-refractivity contribution in [3.05, 3.63) is 70.6 Å². The molecule has 7 heteroatoms. The number of hydrogen-bond acceptors (Lipinski definition) is 5. The third-order valence-electron chi connectivity index (χ3n) is 6.48. The van der Waals surface area contributed by atoms with Crippen molar-refractivity contribution in [2.75, 3.05) is 13.1 Å². The molecule has 2 fully saturated rings. The molecule has 1 amide bonds. The highest BCUT2D eigenvalue weighted by molar-refractivity contribution is 6.30. The summed E-state index contributed by atoms with van der Waals surface area (Å²) in [5.41, 5.74) is 8.24. The van der Waals surface area contributed by atoms with Gasteiger partial charge in [0.15, 0.2) is 0 Å². The number of nitrogens with zero attached hydrogens (tertiary/aromatic N) is 3. The maximum atomic E-state index is 11.4. The van der Waals surface area contributed by atoms with E-state index in [9.17, 15) is 4.79 Å². The van der Waals surface area contributed by atoms with Crippen molar-refractivity contribution in [1.29, 1.82) is 0 Å². The van der Waals surface area contributed by atoms with E-state index in [0.717, 1.165) is 55.9 Å². The quantitative estimate of drug-likeness (QED) is 0.664. The van der Waals surface area contributed by atoms with E-state index in [0.29, 0.717) is 22.3 Å². The lowest BCUT2D eigenvalue weighted by Gasteiger charge is -2.32. The average Bonchev–Trinajstić information content (AvgIpc) is 3.21. The van der Waals surface area contributed by atoms with Crippen LogP contribution in [0, 0.1) is 5.41 Å². The highest BCUT2D eigenvalue weighted by Crippen LogP contribution is 2.64. The van der Waals surface area contributed by atoms with Crippen molar-refractivity contribution in [1.82, 2.24) is 15.0 Å². The van der Waals surface area contributed by atoms with Crippen LogP contribution >= 0.6 is 11.6 Å². The first-order valence-corrected chi connectivity index (χ1v) is 10.6. The number of aromatic nitrogens is 2. The molecule has 5 rings (SSSR count).